The summed E-state index contributed by atoms with van der Waals surface area (Å²) in [5.41, 5.74) is 0.757. The molecule has 0 unspecified atom stereocenters. The standard InChI is InChI=1S/C17H10ClN3O2S2/c18-11-5-6-13-15(9-11)25-17(20-13)21(16(22)14-4-1-7-23-14)19-10-12-3-2-8-24-12/h1-10H/b19-10+. The predicted molar refractivity (Wildman–Crippen MR) is 102 cm³/mol. The molecule has 0 spiro atoms. The number of furan rings is 1. The smallest absolute Gasteiger partial charge is 0.316 e. The van der Waals surface area contributed by atoms with Crippen molar-refractivity contribution in [1.82, 2.24) is 4.98 Å². The fourth-order valence-electron chi connectivity index (χ4n) is 2.15. The fourth-order valence-corrected chi connectivity index (χ4v) is 3.93. The molecule has 0 atom stereocenters. The van der Waals surface area contributed by atoms with Gasteiger partial charge >= 0.3 is 5.91 Å². The molecule has 25 heavy (non-hydrogen) atoms. The molecule has 3 heterocycles. The van der Waals surface area contributed by atoms with Gasteiger partial charge in [-0.25, -0.2) is 4.98 Å². The summed E-state index contributed by atoms with van der Waals surface area (Å²) < 4.78 is 6.10. The van der Waals surface area contributed by atoms with E-state index >= 15 is 0 Å². The van der Waals surface area contributed by atoms with E-state index in [4.69, 9.17) is 16.0 Å². The van der Waals surface area contributed by atoms with Gasteiger partial charge in [-0.1, -0.05) is 29.0 Å². The third-order valence-corrected chi connectivity index (χ3v) is 5.32. The van der Waals surface area contributed by atoms with Gasteiger partial charge in [-0.15, -0.1) is 11.3 Å². The number of carbonyl (C=O) groups excluding carboxylic acids is 1. The number of thiophene rings is 1. The zero-order valence-electron chi connectivity index (χ0n) is 12.6. The number of hydrogen-bond acceptors (Lipinski definition) is 6. The lowest BCUT2D eigenvalue weighted by Crippen LogP contribution is -2.25. The zero-order valence-corrected chi connectivity index (χ0v) is 15.0. The SMILES string of the molecule is O=C(c1ccco1)N(/N=C/c1cccs1)c1nc2ccc(Cl)cc2s1. The molecule has 0 fully saturated rings. The number of hydrogen-bond donors (Lipinski definition) is 0. The van der Waals surface area contributed by atoms with Gasteiger partial charge in [-0.2, -0.15) is 10.1 Å². The van der Waals surface area contributed by atoms with Crippen molar-refractivity contribution in [1.29, 1.82) is 0 Å². The highest BCUT2D eigenvalue weighted by atomic mass is 35.5. The van der Waals surface area contributed by atoms with Crippen LogP contribution in [-0.2, 0) is 0 Å². The lowest BCUT2D eigenvalue weighted by atomic mass is 10.3. The van der Waals surface area contributed by atoms with Crippen molar-refractivity contribution in [2.24, 2.45) is 5.10 Å². The Morgan fingerprint density at radius 2 is 2.20 bits per heavy atom. The average Bonchev–Trinajstić information content (AvgIpc) is 3.36. The number of thiazole rings is 1. The quantitative estimate of drug-likeness (QED) is 0.353. The maximum absolute atomic E-state index is 12.8. The number of aromatic nitrogens is 1. The number of carbonyl (C=O) groups is 1. The summed E-state index contributed by atoms with van der Waals surface area (Å²) in [5, 5.41) is 8.60. The molecule has 0 N–H and O–H groups in total. The van der Waals surface area contributed by atoms with Crippen LogP contribution in [0.1, 0.15) is 15.4 Å². The summed E-state index contributed by atoms with van der Waals surface area (Å²) >= 11 is 8.91. The Morgan fingerprint density at radius 3 is 2.96 bits per heavy atom. The monoisotopic (exact) mass is 387 g/mol. The van der Waals surface area contributed by atoms with E-state index in [1.807, 2.05) is 29.6 Å². The van der Waals surface area contributed by atoms with Crippen molar-refractivity contribution >= 4 is 61.7 Å². The van der Waals surface area contributed by atoms with E-state index in [0.29, 0.717) is 10.2 Å². The van der Waals surface area contributed by atoms with Gasteiger partial charge < -0.3 is 4.42 Å². The van der Waals surface area contributed by atoms with Crippen LogP contribution in [0.4, 0.5) is 5.13 Å². The van der Waals surface area contributed by atoms with Gasteiger partial charge in [-0.05, 0) is 41.8 Å². The summed E-state index contributed by atoms with van der Waals surface area (Å²) in [7, 11) is 0. The number of benzene rings is 1. The Balaban J connectivity index is 1.76. The molecule has 0 aliphatic carbocycles. The van der Waals surface area contributed by atoms with Crippen LogP contribution in [0, 0.1) is 0 Å². The van der Waals surface area contributed by atoms with E-state index in [0.717, 1.165) is 15.1 Å². The van der Waals surface area contributed by atoms with Crippen molar-refractivity contribution in [2.75, 3.05) is 5.01 Å². The van der Waals surface area contributed by atoms with Crippen molar-refractivity contribution in [2.45, 2.75) is 0 Å². The van der Waals surface area contributed by atoms with Crippen molar-refractivity contribution < 1.29 is 9.21 Å². The summed E-state index contributed by atoms with van der Waals surface area (Å²) in [4.78, 5) is 18.2. The molecule has 0 radical (unpaired) electrons. The highest BCUT2D eigenvalue weighted by Crippen LogP contribution is 2.31. The highest BCUT2D eigenvalue weighted by molar-refractivity contribution is 7.22. The lowest BCUT2D eigenvalue weighted by Gasteiger charge is -2.11. The van der Waals surface area contributed by atoms with Gasteiger partial charge in [0, 0.05) is 9.90 Å². The number of hydrazone groups is 1. The predicted octanol–water partition coefficient (Wildman–Crippen LogP) is 5.29. The van der Waals surface area contributed by atoms with E-state index in [1.54, 1.807) is 24.4 Å². The van der Waals surface area contributed by atoms with E-state index in [-0.39, 0.29) is 11.7 Å². The van der Waals surface area contributed by atoms with Gasteiger partial charge in [0.25, 0.3) is 0 Å². The first-order valence-corrected chi connectivity index (χ1v) is 9.30. The third-order valence-electron chi connectivity index (χ3n) is 3.29. The topological polar surface area (TPSA) is 58.7 Å². The second kappa shape index (κ2) is 6.79. The summed E-state index contributed by atoms with van der Waals surface area (Å²) in [6.45, 7) is 0. The molecule has 3 aromatic heterocycles. The molecule has 124 valence electrons. The maximum atomic E-state index is 12.8. The highest BCUT2D eigenvalue weighted by Gasteiger charge is 2.23. The van der Waals surface area contributed by atoms with Crippen LogP contribution in [0.25, 0.3) is 10.2 Å². The Hall–Kier alpha value is -2.48. The van der Waals surface area contributed by atoms with Crippen LogP contribution in [0.2, 0.25) is 5.02 Å². The Morgan fingerprint density at radius 1 is 1.28 bits per heavy atom. The zero-order chi connectivity index (χ0) is 17.2. The second-order valence-corrected chi connectivity index (χ2v) is 7.39. The van der Waals surface area contributed by atoms with Crippen molar-refractivity contribution in [3.8, 4) is 0 Å². The number of nitrogens with zero attached hydrogens (tertiary/aromatic N) is 3. The van der Waals surface area contributed by atoms with Crippen LogP contribution in [0.3, 0.4) is 0 Å². The molecule has 1 aromatic carbocycles. The number of halogens is 1. The van der Waals surface area contributed by atoms with Gasteiger partial charge in [0.15, 0.2) is 5.76 Å². The summed E-state index contributed by atoms with van der Waals surface area (Å²) in [6.07, 6.45) is 3.08. The molecule has 0 saturated heterocycles. The van der Waals surface area contributed by atoms with Crippen LogP contribution in [-0.4, -0.2) is 17.1 Å². The largest absolute Gasteiger partial charge is 0.459 e. The van der Waals surface area contributed by atoms with Crippen LogP contribution in [0.15, 0.2) is 63.6 Å². The summed E-state index contributed by atoms with van der Waals surface area (Å²) in [5.74, 6) is -0.191. The number of fused-ring (bicyclic) bond motifs is 1. The average molecular weight is 388 g/mol. The van der Waals surface area contributed by atoms with Crippen molar-refractivity contribution in [3.05, 3.63) is 69.8 Å². The molecule has 0 aliphatic rings. The molecule has 4 aromatic rings. The molecule has 5 nitrogen and oxygen atoms in total. The van der Waals surface area contributed by atoms with Crippen molar-refractivity contribution in [3.63, 3.8) is 0 Å². The fraction of sp³-hybridized carbons (Fsp3) is 0. The van der Waals surface area contributed by atoms with E-state index in [1.165, 1.54) is 33.9 Å². The molecule has 4 rings (SSSR count). The molecular formula is C17H10ClN3O2S2. The summed E-state index contributed by atoms with van der Waals surface area (Å²) in [6, 6.07) is 12.5. The van der Waals surface area contributed by atoms with Gasteiger partial charge in [0.05, 0.1) is 22.7 Å². The van der Waals surface area contributed by atoms with Gasteiger partial charge in [0.1, 0.15) is 0 Å². The minimum atomic E-state index is -0.386. The first-order valence-electron chi connectivity index (χ1n) is 7.22. The van der Waals surface area contributed by atoms with E-state index in [9.17, 15) is 4.79 Å². The van der Waals surface area contributed by atoms with Crippen LogP contribution in [0.5, 0.6) is 0 Å². The Kier molecular flexibility index (Phi) is 4.35. The van der Waals surface area contributed by atoms with Crippen LogP contribution >= 0.6 is 34.3 Å². The number of rotatable bonds is 4. The van der Waals surface area contributed by atoms with E-state index in [2.05, 4.69) is 10.1 Å². The van der Waals surface area contributed by atoms with Crippen LogP contribution < -0.4 is 5.01 Å². The minimum Gasteiger partial charge on any atom is -0.459 e. The molecular weight excluding hydrogens is 378 g/mol. The lowest BCUT2D eigenvalue weighted by molar-refractivity contribution is 0.0961. The first-order chi connectivity index (χ1) is 12.2. The normalized spacial score (nSPS) is 11.4. The maximum Gasteiger partial charge on any atom is 0.316 e. The number of anilines is 1. The van der Waals surface area contributed by atoms with Gasteiger partial charge in [0.2, 0.25) is 5.13 Å². The molecule has 8 heteroatoms. The molecule has 0 saturated carbocycles. The second-order valence-electron chi connectivity index (χ2n) is 4.96. The third kappa shape index (κ3) is 3.34. The van der Waals surface area contributed by atoms with Gasteiger partial charge in [-0.3, -0.25) is 4.79 Å². The Labute approximate surface area is 155 Å². The first kappa shape index (κ1) is 16.0. The molecule has 0 aliphatic heterocycles. The minimum absolute atomic E-state index is 0.195. The molecule has 1 amide bonds. The number of amides is 1. The Bertz CT molecular complexity index is 1040. The molecule has 0 bridgehead atoms. The van der Waals surface area contributed by atoms with E-state index < -0.39 is 0 Å².